The number of hydrogen-bond donors (Lipinski definition) is 1. The first kappa shape index (κ1) is 14.1. The van der Waals surface area contributed by atoms with Crippen LogP contribution in [-0.2, 0) is 13.0 Å². The summed E-state index contributed by atoms with van der Waals surface area (Å²) < 4.78 is 15.1. The number of aromatic nitrogens is 2. The molecule has 0 aliphatic carbocycles. The Morgan fingerprint density at radius 1 is 1.47 bits per heavy atom. The van der Waals surface area contributed by atoms with E-state index in [9.17, 15) is 4.39 Å². The predicted molar refractivity (Wildman–Crippen MR) is 76.7 cm³/mol. The predicted octanol–water partition coefficient (Wildman–Crippen LogP) is 2.70. The Labute approximate surface area is 117 Å². The van der Waals surface area contributed by atoms with E-state index in [0.29, 0.717) is 0 Å². The van der Waals surface area contributed by atoms with Gasteiger partial charge in [0, 0.05) is 42.0 Å². The molecule has 2 aromatic rings. The van der Waals surface area contributed by atoms with Gasteiger partial charge in [0.05, 0.1) is 0 Å². The van der Waals surface area contributed by atoms with Crippen molar-refractivity contribution in [2.45, 2.75) is 30.8 Å². The number of nitrogens with zero attached hydrogens (tertiary/aromatic N) is 2. The van der Waals surface area contributed by atoms with Crippen molar-refractivity contribution < 1.29 is 4.39 Å². The molecule has 0 fully saturated rings. The number of imidazole rings is 1. The van der Waals surface area contributed by atoms with E-state index in [1.54, 1.807) is 24.0 Å². The summed E-state index contributed by atoms with van der Waals surface area (Å²) in [6.45, 7) is 2.98. The average molecular weight is 279 g/mol. The van der Waals surface area contributed by atoms with E-state index in [1.165, 1.54) is 12.1 Å². The van der Waals surface area contributed by atoms with Crippen LogP contribution in [0.2, 0.25) is 0 Å². The summed E-state index contributed by atoms with van der Waals surface area (Å²) >= 11 is 1.58. The van der Waals surface area contributed by atoms with E-state index in [4.69, 9.17) is 5.73 Å². The summed E-state index contributed by atoms with van der Waals surface area (Å²) in [4.78, 5) is 5.22. The second-order valence-corrected chi connectivity index (χ2v) is 5.46. The van der Waals surface area contributed by atoms with E-state index < -0.39 is 0 Å². The molecule has 102 valence electrons. The van der Waals surface area contributed by atoms with E-state index in [0.717, 1.165) is 29.4 Å². The van der Waals surface area contributed by atoms with Gasteiger partial charge in [-0.05, 0) is 25.1 Å². The number of rotatable bonds is 6. The highest BCUT2D eigenvalue weighted by Crippen LogP contribution is 2.19. The van der Waals surface area contributed by atoms with Gasteiger partial charge in [-0.3, -0.25) is 0 Å². The largest absolute Gasteiger partial charge is 0.335 e. The highest BCUT2D eigenvalue weighted by atomic mass is 32.2. The fourth-order valence-corrected chi connectivity index (χ4v) is 2.77. The van der Waals surface area contributed by atoms with E-state index >= 15 is 0 Å². The molecule has 0 saturated carbocycles. The molecule has 0 aliphatic heterocycles. The zero-order valence-corrected chi connectivity index (χ0v) is 11.7. The first-order valence-electron chi connectivity index (χ1n) is 6.33. The van der Waals surface area contributed by atoms with E-state index in [2.05, 4.69) is 16.5 Å². The van der Waals surface area contributed by atoms with Crippen molar-refractivity contribution in [2.75, 3.05) is 5.75 Å². The molecule has 1 unspecified atom stereocenters. The highest BCUT2D eigenvalue weighted by molar-refractivity contribution is 7.99. The molecule has 5 heteroatoms. The number of aryl methyl sites for hydroxylation is 1. The van der Waals surface area contributed by atoms with Gasteiger partial charge in [0.1, 0.15) is 11.6 Å². The minimum Gasteiger partial charge on any atom is -0.335 e. The molecule has 1 aromatic heterocycles. The van der Waals surface area contributed by atoms with Gasteiger partial charge in [-0.15, -0.1) is 11.8 Å². The minimum absolute atomic E-state index is 0.0148. The van der Waals surface area contributed by atoms with Crippen LogP contribution < -0.4 is 5.73 Å². The van der Waals surface area contributed by atoms with Crippen LogP contribution in [0, 0.1) is 5.82 Å². The van der Waals surface area contributed by atoms with Gasteiger partial charge >= 0.3 is 0 Å². The Balaban J connectivity index is 1.86. The van der Waals surface area contributed by atoms with Crippen LogP contribution in [0.3, 0.4) is 0 Å². The zero-order chi connectivity index (χ0) is 13.7. The van der Waals surface area contributed by atoms with Gasteiger partial charge in [-0.2, -0.15) is 0 Å². The maximum atomic E-state index is 13.0. The number of hydrogen-bond acceptors (Lipinski definition) is 3. The Bertz CT molecular complexity index is 527. The van der Waals surface area contributed by atoms with Gasteiger partial charge in [0.25, 0.3) is 0 Å². The van der Waals surface area contributed by atoms with Crippen LogP contribution in [0.15, 0.2) is 41.6 Å². The molecule has 0 amide bonds. The van der Waals surface area contributed by atoms with Gasteiger partial charge in [-0.1, -0.05) is 6.07 Å². The number of nitrogens with two attached hydrogens (primary N) is 1. The molecular formula is C14H18FN3S. The van der Waals surface area contributed by atoms with Gasteiger partial charge in [0.15, 0.2) is 0 Å². The molecule has 19 heavy (non-hydrogen) atoms. The lowest BCUT2D eigenvalue weighted by molar-refractivity contribution is 0.624. The number of thioether (sulfide) groups is 1. The molecule has 3 nitrogen and oxygen atoms in total. The molecule has 0 saturated heterocycles. The van der Waals surface area contributed by atoms with Crippen molar-refractivity contribution in [3.05, 3.63) is 48.3 Å². The molecule has 0 radical (unpaired) electrons. The van der Waals surface area contributed by atoms with Gasteiger partial charge in [0.2, 0.25) is 0 Å². The smallest absolute Gasteiger partial charge is 0.124 e. The summed E-state index contributed by atoms with van der Waals surface area (Å²) in [5.41, 5.74) is 6.11. The molecule has 0 spiro atoms. The molecular weight excluding hydrogens is 261 g/mol. The highest BCUT2D eigenvalue weighted by Gasteiger charge is 2.09. The lowest BCUT2D eigenvalue weighted by atomic mass is 10.2. The molecule has 1 atom stereocenters. The Hall–Kier alpha value is -1.33. The van der Waals surface area contributed by atoms with Gasteiger partial charge < -0.3 is 10.3 Å². The summed E-state index contributed by atoms with van der Waals surface area (Å²) in [5.74, 6) is 1.55. The van der Waals surface area contributed by atoms with E-state index in [-0.39, 0.29) is 11.9 Å². The average Bonchev–Trinajstić information content (AvgIpc) is 2.84. The lowest BCUT2D eigenvalue weighted by Gasteiger charge is -2.12. The fourth-order valence-electron chi connectivity index (χ4n) is 1.87. The van der Waals surface area contributed by atoms with Crippen LogP contribution in [0.25, 0.3) is 0 Å². The van der Waals surface area contributed by atoms with Crippen LogP contribution in [0.1, 0.15) is 12.7 Å². The van der Waals surface area contributed by atoms with Crippen molar-refractivity contribution in [3.8, 4) is 0 Å². The Kier molecular flexibility index (Phi) is 4.99. The summed E-state index contributed by atoms with van der Waals surface area (Å²) in [6.07, 6.45) is 4.50. The molecule has 2 rings (SSSR count). The van der Waals surface area contributed by atoms with Crippen LogP contribution in [0.4, 0.5) is 4.39 Å². The summed E-state index contributed by atoms with van der Waals surface area (Å²) in [7, 11) is 0. The first-order chi connectivity index (χ1) is 9.19. The van der Waals surface area contributed by atoms with Crippen molar-refractivity contribution in [2.24, 2.45) is 5.73 Å². The number of halogens is 1. The third-order valence-corrected chi connectivity index (χ3v) is 4.03. The Morgan fingerprint density at radius 3 is 3.05 bits per heavy atom. The van der Waals surface area contributed by atoms with E-state index in [1.807, 2.05) is 12.3 Å². The van der Waals surface area contributed by atoms with Crippen molar-refractivity contribution in [3.63, 3.8) is 0 Å². The maximum Gasteiger partial charge on any atom is 0.124 e. The number of benzene rings is 1. The monoisotopic (exact) mass is 279 g/mol. The Morgan fingerprint density at radius 2 is 2.32 bits per heavy atom. The zero-order valence-electron chi connectivity index (χ0n) is 10.9. The summed E-state index contributed by atoms with van der Waals surface area (Å²) in [5, 5.41) is 0. The second kappa shape index (κ2) is 6.73. The summed E-state index contributed by atoms with van der Waals surface area (Å²) in [6, 6.07) is 6.60. The third kappa shape index (κ3) is 4.08. The molecule has 2 N–H and O–H groups in total. The SMILES string of the molecule is CCn1ccnc1CC(N)CSc1cccc(F)c1. The first-order valence-corrected chi connectivity index (χ1v) is 7.31. The normalized spacial score (nSPS) is 12.6. The molecule has 0 bridgehead atoms. The fraction of sp³-hybridized carbons (Fsp3) is 0.357. The lowest BCUT2D eigenvalue weighted by Crippen LogP contribution is -2.27. The van der Waals surface area contributed by atoms with Crippen LogP contribution in [0.5, 0.6) is 0 Å². The second-order valence-electron chi connectivity index (χ2n) is 4.36. The third-order valence-electron chi connectivity index (χ3n) is 2.85. The van der Waals surface area contributed by atoms with Crippen LogP contribution >= 0.6 is 11.8 Å². The van der Waals surface area contributed by atoms with Crippen molar-refractivity contribution in [1.82, 2.24) is 9.55 Å². The molecule has 0 aliphatic rings. The minimum atomic E-state index is -0.208. The van der Waals surface area contributed by atoms with Crippen LogP contribution in [-0.4, -0.2) is 21.3 Å². The molecule has 1 heterocycles. The maximum absolute atomic E-state index is 13.0. The van der Waals surface area contributed by atoms with Gasteiger partial charge in [-0.25, -0.2) is 9.37 Å². The van der Waals surface area contributed by atoms with Crippen molar-refractivity contribution >= 4 is 11.8 Å². The van der Waals surface area contributed by atoms with Crippen molar-refractivity contribution in [1.29, 1.82) is 0 Å². The quantitative estimate of drug-likeness (QED) is 0.827. The standard InChI is InChI=1S/C14H18FN3S/c1-2-18-7-6-17-14(18)9-12(16)10-19-13-5-3-4-11(15)8-13/h3-8,12H,2,9-10,16H2,1H3. The topological polar surface area (TPSA) is 43.8 Å². The molecule has 1 aromatic carbocycles.